The van der Waals surface area contributed by atoms with E-state index in [9.17, 15) is 18.0 Å². The molecule has 3 rings (SSSR count). The number of hydrogen-bond donors (Lipinski definition) is 0. The number of ether oxygens (including phenoxy) is 1. The van der Waals surface area contributed by atoms with Crippen LogP contribution < -0.4 is 9.64 Å². The molecule has 27 heavy (non-hydrogen) atoms. The van der Waals surface area contributed by atoms with Crippen LogP contribution in [0.3, 0.4) is 0 Å². The maximum absolute atomic E-state index is 12.9. The van der Waals surface area contributed by atoms with Gasteiger partial charge < -0.3 is 14.5 Å². The molecular weight excluding hydrogens is 425 g/mol. The molecule has 0 spiro atoms. The zero-order chi connectivity index (χ0) is 19.4. The van der Waals surface area contributed by atoms with Crippen LogP contribution in [-0.2, 0) is 11.0 Å². The summed E-state index contributed by atoms with van der Waals surface area (Å²) < 4.78 is 44.9. The molecule has 8 heteroatoms. The van der Waals surface area contributed by atoms with E-state index in [-0.39, 0.29) is 12.5 Å². The molecule has 0 saturated carbocycles. The first-order chi connectivity index (χ1) is 12.8. The van der Waals surface area contributed by atoms with Gasteiger partial charge in [0.15, 0.2) is 6.61 Å². The van der Waals surface area contributed by atoms with Crippen molar-refractivity contribution in [1.82, 2.24) is 4.90 Å². The lowest BCUT2D eigenvalue weighted by Gasteiger charge is -2.36. The molecule has 0 atom stereocenters. The number of carbonyl (C=O) groups excluding carboxylic acids is 1. The number of benzene rings is 2. The van der Waals surface area contributed by atoms with Gasteiger partial charge in [0.05, 0.1) is 10.0 Å². The Balaban J connectivity index is 1.54. The van der Waals surface area contributed by atoms with Gasteiger partial charge in [-0.25, -0.2) is 0 Å². The molecule has 144 valence electrons. The molecule has 0 radical (unpaired) electrons. The lowest BCUT2D eigenvalue weighted by molar-refractivity contribution is -0.137. The highest BCUT2D eigenvalue weighted by Gasteiger charge is 2.31. The standard InChI is InChI=1S/C19H18BrF3N2O2/c20-16-6-1-2-7-17(16)27-13-18(26)25-10-8-24(9-11-25)15-5-3-4-14(12-15)19(21,22)23/h1-7,12H,8-11,13H2. The number of anilines is 1. The predicted molar refractivity (Wildman–Crippen MR) is 99.9 cm³/mol. The van der Waals surface area contributed by atoms with E-state index in [2.05, 4.69) is 15.9 Å². The summed E-state index contributed by atoms with van der Waals surface area (Å²) in [5.41, 5.74) is -0.151. The molecule has 0 aliphatic carbocycles. The molecule has 1 amide bonds. The minimum Gasteiger partial charge on any atom is -0.483 e. The van der Waals surface area contributed by atoms with E-state index < -0.39 is 11.7 Å². The Kier molecular flexibility index (Phi) is 5.94. The Bertz CT molecular complexity index is 806. The Hall–Kier alpha value is -2.22. The number of rotatable bonds is 4. The highest BCUT2D eigenvalue weighted by Crippen LogP contribution is 2.32. The smallest absolute Gasteiger partial charge is 0.416 e. The number of halogens is 4. The summed E-state index contributed by atoms with van der Waals surface area (Å²) in [7, 11) is 0. The molecule has 1 saturated heterocycles. The quantitative estimate of drug-likeness (QED) is 0.711. The van der Waals surface area contributed by atoms with Crippen LogP contribution in [0.4, 0.5) is 18.9 Å². The van der Waals surface area contributed by atoms with Gasteiger partial charge >= 0.3 is 6.18 Å². The van der Waals surface area contributed by atoms with Gasteiger partial charge in [-0.1, -0.05) is 18.2 Å². The summed E-state index contributed by atoms with van der Waals surface area (Å²) in [5.74, 6) is 0.447. The van der Waals surface area contributed by atoms with Crippen LogP contribution in [0.5, 0.6) is 5.75 Å². The van der Waals surface area contributed by atoms with E-state index in [1.165, 1.54) is 6.07 Å². The second-order valence-corrected chi connectivity index (χ2v) is 6.99. The number of alkyl halides is 3. The number of carbonyl (C=O) groups is 1. The lowest BCUT2D eigenvalue weighted by Crippen LogP contribution is -2.50. The van der Waals surface area contributed by atoms with Crippen LogP contribution in [0.1, 0.15) is 5.56 Å². The van der Waals surface area contributed by atoms with E-state index in [1.54, 1.807) is 17.0 Å². The summed E-state index contributed by atoms with van der Waals surface area (Å²) in [5, 5.41) is 0. The summed E-state index contributed by atoms with van der Waals surface area (Å²) in [4.78, 5) is 15.9. The molecule has 0 aromatic heterocycles. The van der Waals surface area contributed by atoms with Crippen LogP contribution in [-0.4, -0.2) is 43.6 Å². The average Bonchev–Trinajstić information content (AvgIpc) is 2.67. The Morgan fingerprint density at radius 3 is 2.41 bits per heavy atom. The monoisotopic (exact) mass is 442 g/mol. The Morgan fingerprint density at radius 1 is 1.04 bits per heavy atom. The highest BCUT2D eigenvalue weighted by molar-refractivity contribution is 9.10. The third-order valence-electron chi connectivity index (χ3n) is 4.36. The first-order valence-electron chi connectivity index (χ1n) is 8.42. The maximum Gasteiger partial charge on any atom is 0.416 e. The fourth-order valence-corrected chi connectivity index (χ4v) is 3.28. The van der Waals surface area contributed by atoms with Gasteiger partial charge in [-0.2, -0.15) is 13.2 Å². The molecule has 1 aliphatic heterocycles. The summed E-state index contributed by atoms with van der Waals surface area (Å²) in [6, 6.07) is 12.5. The van der Waals surface area contributed by atoms with Crippen LogP contribution in [0.25, 0.3) is 0 Å². The van der Waals surface area contributed by atoms with Crippen molar-refractivity contribution >= 4 is 27.5 Å². The van der Waals surface area contributed by atoms with E-state index in [1.807, 2.05) is 23.1 Å². The van der Waals surface area contributed by atoms with Gasteiger partial charge in [-0.15, -0.1) is 0 Å². The molecular formula is C19H18BrF3N2O2. The molecule has 1 heterocycles. The van der Waals surface area contributed by atoms with Gasteiger partial charge in [-0.05, 0) is 46.3 Å². The van der Waals surface area contributed by atoms with Crippen molar-refractivity contribution in [3.05, 3.63) is 58.6 Å². The largest absolute Gasteiger partial charge is 0.483 e. The van der Waals surface area contributed by atoms with Crippen molar-refractivity contribution in [3.63, 3.8) is 0 Å². The third kappa shape index (κ3) is 4.94. The molecule has 0 bridgehead atoms. The van der Waals surface area contributed by atoms with Gasteiger partial charge in [0.25, 0.3) is 5.91 Å². The summed E-state index contributed by atoms with van der Waals surface area (Å²) in [6.07, 6.45) is -4.36. The van der Waals surface area contributed by atoms with Crippen LogP contribution in [0.2, 0.25) is 0 Å². The maximum atomic E-state index is 12.9. The van der Waals surface area contributed by atoms with Gasteiger partial charge in [0.1, 0.15) is 5.75 Å². The fraction of sp³-hybridized carbons (Fsp3) is 0.316. The number of nitrogens with zero attached hydrogens (tertiary/aromatic N) is 2. The van der Waals surface area contributed by atoms with E-state index in [0.29, 0.717) is 37.6 Å². The van der Waals surface area contributed by atoms with Gasteiger partial charge in [0, 0.05) is 31.9 Å². The third-order valence-corrected chi connectivity index (χ3v) is 5.01. The molecule has 2 aromatic rings. The molecule has 2 aromatic carbocycles. The average molecular weight is 443 g/mol. The fourth-order valence-electron chi connectivity index (χ4n) is 2.89. The molecule has 1 fully saturated rings. The zero-order valence-corrected chi connectivity index (χ0v) is 16.0. The SMILES string of the molecule is O=C(COc1ccccc1Br)N1CCN(c2cccc(C(F)(F)F)c2)CC1. The second-order valence-electron chi connectivity index (χ2n) is 6.14. The van der Waals surface area contributed by atoms with Crippen molar-refractivity contribution in [2.24, 2.45) is 0 Å². The van der Waals surface area contributed by atoms with E-state index in [0.717, 1.165) is 16.6 Å². The first-order valence-corrected chi connectivity index (χ1v) is 9.21. The molecule has 0 N–H and O–H groups in total. The Morgan fingerprint density at radius 2 is 1.74 bits per heavy atom. The first kappa shape index (κ1) is 19.5. The molecule has 4 nitrogen and oxygen atoms in total. The predicted octanol–water partition coefficient (Wildman–Crippen LogP) is 4.20. The molecule has 1 aliphatic rings. The molecule has 0 unspecified atom stereocenters. The zero-order valence-electron chi connectivity index (χ0n) is 14.4. The summed E-state index contributed by atoms with van der Waals surface area (Å²) >= 11 is 3.36. The number of hydrogen-bond acceptors (Lipinski definition) is 3. The minimum atomic E-state index is -4.36. The number of amides is 1. The highest BCUT2D eigenvalue weighted by atomic mass is 79.9. The van der Waals surface area contributed by atoms with Gasteiger partial charge in [0.2, 0.25) is 0 Å². The number of para-hydroxylation sites is 1. The van der Waals surface area contributed by atoms with Crippen molar-refractivity contribution < 1.29 is 22.7 Å². The number of piperazine rings is 1. The second kappa shape index (κ2) is 8.21. The minimum absolute atomic E-state index is 0.0772. The normalized spacial score (nSPS) is 15.0. The van der Waals surface area contributed by atoms with E-state index in [4.69, 9.17) is 4.74 Å². The van der Waals surface area contributed by atoms with Crippen molar-refractivity contribution in [2.75, 3.05) is 37.7 Å². The van der Waals surface area contributed by atoms with E-state index >= 15 is 0 Å². The summed E-state index contributed by atoms with van der Waals surface area (Å²) in [6.45, 7) is 1.75. The Labute approximate surface area is 163 Å². The van der Waals surface area contributed by atoms with Crippen LogP contribution in [0, 0.1) is 0 Å². The lowest BCUT2D eigenvalue weighted by atomic mass is 10.1. The van der Waals surface area contributed by atoms with Crippen LogP contribution in [0.15, 0.2) is 53.0 Å². The topological polar surface area (TPSA) is 32.8 Å². The van der Waals surface area contributed by atoms with Crippen molar-refractivity contribution in [2.45, 2.75) is 6.18 Å². The van der Waals surface area contributed by atoms with Crippen molar-refractivity contribution in [3.8, 4) is 5.75 Å². The van der Waals surface area contributed by atoms with Crippen LogP contribution >= 0.6 is 15.9 Å². The van der Waals surface area contributed by atoms with Gasteiger partial charge in [-0.3, -0.25) is 4.79 Å². The van der Waals surface area contributed by atoms with Crippen molar-refractivity contribution in [1.29, 1.82) is 0 Å².